The lowest BCUT2D eigenvalue weighted by Crippen LogP contribution is -2.03. The Morgan fingerprint density at radius 2 is 2.29 bits per heavy atom. The summed E-state index contributed by atoms with van der Waals surface area (Å²) < 4.78 is 0.910. The molecule has 2 heteroatoms. The third-order valence-electron chi connectivity index (χ3n) is 2.72. The SMILES string of the molecule is C=Cc1ccc(Br)c2c1CC(C)C2=O. The minimum Gasteiger partial charge on any atom is -0.294 e. The number of halogens is 1. The molecule has 0 spiro atoms. The van der Waals surface area contributed by atoms with Gasteiger partial charge in [-0.25, -0.2) is 0 Å². The van der Waals surface area contributed by atoms with Crippen LogP contribution in [0.25, 0.3) is 6.08 Å². The highest BCUT2D eigenvalue weighted by molar-refractivity contribution is 9.10. The highest BCUT2D eigenvalue weighted by Crippen LogP contribution is 2.34. The van der Waals surface area contributed by atoms with Crippen molar-refractivity contribution >= 4 is 27.8 Å². The number of carbonyl (C=O) groups is 1. The molecule has 0 aromatic heterocycles. The normalized spacial score (nSPS) is 19.6. The number of hydrogen-bond acceptors (Lipinski definition) is 1. The maximum Gasteiger partial charge on any atom is 0.167 e. The van der Waals surface area contributed by atoms with Gasteiger partial charge in [-0.15, -0.1) is 0 Å². The van der Waals surface area contributed by atoms with Crippen molar-refractivity contribution in [1.29, 1.82) is 0 Å². The lowest BCUT2D eigenvalue weighted by atomic mass is 10.0. The van der Waals surface area contributed by atoms with E-state index < -0.39 is 0 Å². The molecule has 1 nitrogen and oxygen atoms in total. The summed E-state index contributed by atoms with van der Waals surface area (Å²) in [7, 11) is 0. The van der Waals surface area contributed by atoms with E-state index in [0.29, 0.717) is 0 Å². The van der Waals surface area contributed by atoms with Crippen LogP contribution in [0.1, 0.15) is 28.4 Å². The van der Waals surface area contributed by atoms with Gasteiger partial charge in [0.2, 0.25) is 0 Å². The van der Waals surface area contributed by atoms with Crippen LogP contribution in [-0.4, -0.2) is 5.78 Å². The van der Waals surface area contributed by atoms with E-state index in [1.54, 1.807) is 0 Å². The predicted octanol–water partition coefficient (Wildman–Crippen LogP) is 3.47. The Morgan fingerprint density at radius 1 is 1.57 bits per heavy atom. The van der Waals surface area contributed by atoms with Crippen molar-refractivity contribution in [3.05, 3.63) is 39.9 Å². The van der Waals surface area contributed by atoms with Gasteiger partial charge in [0.15, 0.2) is 5.78 Å². The van der Waals surface area contributed by atoms with E-state index in [0.717, 1.165) is 27.6 Å². The van der Waals surface area contributed by atoms with Crippen molar-refractivity contribution in [1.82, 2.24) is 0 Å². The number of benzene rings is 1. The zero-order chi connectivity index (χ0) is 10.3. The van der Waals surface area contributed by atoms with E-state index in [4.69, 9.17) is 0 Å². The van der Waals surface area contributed by atoms with Crippen molar-refractivity contribution in [2.24, 2.45) is 5.92 Å². The van der Waals surface area contributed by atoms with Crippen LogP contribution in [0.2, 0.25) is 0 Å². The second-order valence-corrected chi connectivity index (χ2v) is 4.52. The number of rotatable bonds is 1. The highest BCUT2D eigenvalue weighted by Gasteiger charge is 2.30. The molecule has 0 saturated heterocycles. The van der Waals surface area contributed by atoms with E-state index in [-0.39, 0.29) is 11.7 Å². The molecule has 0 fully saturated rings. The largest absolute Gasteiger partial charge is 0.294 e. The van der Waals surface area contributed by atoms with Crippen molar-refractivity contribution in [3.63, 3.8) is 0 Å². The Morgan fingerprint density at radius 3 is 2.93 bits per heavy atom. The van der Waals surface area contributed by atoms with Gasteiger partial charge in [-0.2, -0.15) is 0 Å². The molecular weight excluding hydrogens is 240 g/mol. The van der Waals surface area contributed by atoms with Gasteiger partial charge < -0.3 is 0 Å². The summed E-state index contributed by atoms with van der Waals surface area (Å²) in [6.45, 7) is 5.74. The van der Waals surface area contributed by atoms with Crippen LogP contribution in [0.15, 0.2) is 23.2 Å². The van der Waals surface area contributed by atoms with Gasteiger partial charge in [0.25, 0.3) is 0 Å². The number of Topliss-reactive ketones (excluding diaryl/α,β-unsaturated/α-hetero) is 1. The van der Waals surface area contributed by atoms with Gasteiger partial charge in [-0.3, -0.25) is 4.79 Å². The third-order valence-corrected chi connectivity index (χ3v) is 3.38. The molecule has 1 aromatic rings. The first kappa shape index (κ1) is 9.66. The summed E-state index contributed by atoms with van der Waals surface area (Å²) in [5.41, 5.74) is 3.09. The number of carbonyl (C=O) groups excluding carboxylic acids is 1. The molecule has 0 heterocycles. The Kier molecular flexibility index (Phi) is 2.31. The monoisotopic (exact) mass is 250 g/mol. The van der Waals surface area contributed by atoms with Crippen molar-refractivity contribution in [2.75, 3.05) is 0 Å². The van der Waals surface area contributed by atoms with E-state index in [9.17, 15) is 4.79 Å². The summed E-state index contributed by atoms with van der Waals surface area (Å²) in [6.07, 6.45) is 2.66. The summed E-state index contributed by atoms with van der Waals surface area (Å²) in [6, 6.07) is 3.92. The van der Waals surface area contributed by atoms with Gasteiger partial charge in [0.1, 0.15) is 0 Å². The Hall–Kier alpha value is -0.890. The van der Waals surface area contributed by atoms with Gasteiger partial charge in [-0.1, -0.05) is 41.6 Å². The standard InChI is InChI=1S/C12H11BrO/c1-3-8-4-5-10(13)11-9(8)6-7(2)12(11)14/h3-5,7H,1,6H2,2H3. The first-order chi connectivity index (χ1) is 6.65. The fourth-order valence-corrected chi connectivity index (χ4v) is 2.53. The topological polar surface area (TPSA) is 17.1 Å². The fourth-order valence-electron chi connectivity index (χ4n) is 1.96. The molecule has 1 atom stereocenters. The molecule has 0 bridgehead atoms. The highest BCUT2D eigenvalue weighted by atomic mass is 79.9. The number of hydrogen-bond donors (Lipinski definition) is 0. The van der Waals surface area contributed by atoms with Crippen LogP contribution in [0.4, 0.5) is 0 Å². The first-order valence-corrected chi connectivity index (χ1v) is 5.42. The zero-order valence-corrected chi connectivity index (χ0v) is 9.60. The molecule has 1 aliphatic rings. The maximum absolute atomic E-state index is 11.8. The van der Waals surface area contributed by atoms with Crippen LogP contribution in [-0.2, 0) is 6.42 Å². The maximum atomic E-state index is 11.8. The molecular formula is C12H11BrO. The fraction of sp³-hybridized carbons (Fsp3) is 0.250. The van der Waals surface area contributed by atoms with Gasteiger partial charge in [-0.05, 0) is 23.6 Å². The molecule has 1 unspecified atom stereocenters. The van der Waals surface area contributed by atoms with Gasteiger partial charge >= 0.3 is 0 Å². The van der Waals surface area contributed by atoms with Crippen molar-refractivity contribution in [2.45, 2.75) is 13.3 Å². The van der Waals surface area contributed by atoms with Crippen molar-refractivity contribution < 1.29 is 4.79 Å². The average molecular weight is 251 g/mol. The average Bonchev–Trinajstić information content (AvgIpc) is 2.45. The molecule has 1 aliphatic carbocycles. The molecule has 14 heavy (non-hydrogen) atoms. The molecule has 1 aromatic carbocycles. The van der Waals surface area contributed by atoms with Crippen molar-refractivity contribution in [3.8, 4) is 0 Å². The van der Waals surface area contributed by atoms with E-state index >= 15 is 0 Å². The van der Waals surface area contributed by atoms with Crippen LogP contribution in [0, 0.1) is 5.92 Å². The first-order valence-electron chi connectivity index (χ1n) is 4.63. The molecule has 2 rings (SSSR count). The Bertz CT molecular complexity index is 421. The minimum atomic E-state index is 0.113. The summed E-state index contributed by atoms with van der Waals surface area (Å²) in [4.78, 5) is 11.8. The smallest absolute Gasteiger partial charge is 0.167 e. The molecule has 72 valence electrons. The quantitative estimate of drug-likeness (QED) is 0.746. The van der Waals surface area contributed by atoms with Crippen LogP contribution in [0.5, 0.6) is 0 Å². The molecule has 0 N–H and O–H groups in total. The second kappa shape index (κ2) is 3.35. The Labute approximate surface area is 92.0 Å². The second-order valence-electron chi connectivity index (χ2n) is 3.66. The lowest BCUT2D eigenvalue weighted by molar-refractivity contribution is 0.0945. The van der Waals surface area contributed by atoms with Crippen LogP contribution in [0.3, 0.4) is 0 Å². The van der Waals surface area contributed by atoms with E-state index in [1.807, 2.05) is 25.1 Å². The number of fused-ring (bicyclic) bond motifs is 1. The molecule has 0 aliphatic heterocycles. The molecule has 0 saturated carbocycles. The molecule has 0 radical (unpaired) electrons. The van der Waals surface area contributed by atoms with Crippen LogP contribution >= 0.6 is 15.9 Å². The zero-order valence-electron chi connectivity index (χ0n) is 8.01. The predicted molar refractivity (Wildman–Crippen MR) is 61.4 cm³/mol. The van der Waals surface area contributed by atoms with E-state index in [2.05, 4.69) is 22.5 Å². The summed E-state index contributed by atoms with van der Waals surface area (Å²) in [5, 5.41) is 0. The third kappa shape index (κ3) is 1.25. The molecule has 0 amide bonds. The number of ketones is 1. The van der Waals surface area contributed by atoms with Crippen LogP contribution < -0.4 is 0 Å². The summed E-state index contributed by atoms with van der Waals surface area (Å²) in [5.74, 6) is 0.359. The lowest BCUT2D eigenvalue weighted by Gasteiger charge is -2.04. The van der Waals surface area contributed by atoms with Gasteiger partial charge in [0.05, 0.1) is 0 Å². The van der Waals surface area contributed by atoms with E-state index in [1.165, 1.54) is 0 Å². The minimum absolute atomic E-state index is 0.113. The summed E-state index contributed by atoms with van der Waals surface area (Å²) >= 11 is 3.42. The van der Waals surface area contributed by atoms with Gasteiger partial charge in [0, 0.05) is 16.0 Å². The Balaban J connectivity index is 2.70.